The summed E-state index contributed by atoms with van der Waals surface area (Å²) in [6, 6.07) is 0. The minimum atomic E-state index is -0.140. The highest BCUT2D eigenvalue weighted by Gasteiger charge is 2.61. The van der Waals surface area contributed by atoms with Gasteiger partial charge in [-0.05, 0) is 99.7 Å². The van der Waals surface area contributed by atoms with Gasteiger partial charge in [-0.1, -0.05) is 44.1 Å². The molecule has 4 aliphatic carbocycles. The van der Waals surface area contributed by atoms with Gasteiger partial charge in [0.1, 0.15) is 5.78 Å². The van der Waals surface area contributed by atoms with Crippen molar-refractivity contribution in [2.24, 2.45) is 40.4 Å². The molecule has 0 bridgehead atoms. The van der Waals surface area contributed by atoms with Crippen LogP contribution in [0.25, 0.3) is 0 Å². The fourth-order valence-corrected chi connectivity index (χ4v) is 8.24. The van der Waals surface area contributed by atoms with Crippen LogP contribution in [0.5, 0.6) is 0 Å². The van der Waals surface area contributed by atoms with Gasteiger partial charge in [0.25, 0.3) is 0 Å². The Bertz CT molecular complexity index is 714. The Morgan fingerprint density at radius 1 is 1.21 bits per heavy atom. The first-order valence-electron chi connectivity index (χ1n) is 12.2. The van der Waals surface area contributed by atoms with Gasteiger partial charge >= 0.3 is 0 Å². The summed E-state index contributed by atoms with van der Waals surface area (Å²) in [4.78, 5) is 13.3. The number of carbonyl (C=O) groups is 1. The molecule has 0 aromatic rings. The van der Waals surface area contributed by atoms with Crippen molar-refractivity contribution in [2.45, 2.75) is 98.5 Å². The lowest BCUT2D eigenvalue weighted by atomic mass is 9.47. The van der Waals surface area contributed by atoms with Crippen LogP contribution in [0.3, 0.4) is 0 Å². The number of fused-ring (bicyclic) bond motifs is 5. The molecular weight excluding hydrogens is 356 g/mol. The molecule has 0 aliphatic heterocycles. The van der Waals surface area contributed by atoms with Crippen molar-refractivity contribution in [3.8, 4) is 0 Å². The highest BCUT2D eigenvalue weighted by atomic mass is 16.3. The number of allylic oxidation sites excluding steroid dienone is 3. The smallest absolute Gasteiger partial charge is 0.137 e. The maximum Gasteiger partial charge on any atom is 0.137 e. The number of ketones is 1. The lowest BCUT2D eigenvalue weighted by Gasteiger charge is -2.58. The van der Waals surface area contributed by atoms with Crippen molar-refractivity contribution >= 4 is 5.78 Å². The Balaban J connectivity index is 1.56. The summed E-state index contributed by atoms with van der Waals surface area (Å²) in [6.45, 7) is 11.6. The number of carbonyl (C=O) groups excluding carboxylic acids is 1. The molecule has 0 unspecified atom stereocenters. The van der Waals surface area contributed by atoms with Crippen LogP contribution >= 0.6 is 0 Å². The minimum Gasteiger partial charge on any atom is -0.393 e. The van der Waals surface area contributed by atoms with Crippen LogP contribution in [0.1, 0.15) is 92.4 Å². The van der Waals surface area contributed by atoms with Crippen LogP contribution in [-0.2, 0) is 4.79 Å². The standard InChI is InChI=1S/C27H42O2/c1-17(2)7-6-8-18(3)25-24(29)16-23-21-10-9-19-15-20(28)11-13-26(19,4)22(21)12-14-27(23,25)5/h7,9,18,20-23,25,28H,6,8,10-16H2,1-5H3/t18-,20+,21-,22+,23+,25+,26+,27+/m1/s1. The zero-order valence-corrected chi connectivity index (χ0v) is 19.3. The summed E-state index contributed by atoms with van der Waals surface area (Å²) in [5.41, 5.74) is 3.37. The molecule has 0 aromatic heterocycles. The van der Waals surface area contributed by atoms with Crippen LogP contribution in [0, 0.1) is 40.4 Å². The molecule has 0 aromatic carbocycles. The van der Waals surface area contributed by atoms with Crippen LogP contribution in [0.15, 0.2) is 23.3 Å². The summed E-state index contributed by atoms with van der Waals surface area (Å²) >= 11 is 0. The fraction of sp³-hybridized carbons (Fsp3) is 0.815. The van der Waals surface area contributed by atoms with Crippen LogP contribution in [0.2, 0.25) is 0 Å². The third-order valence-corrected chi connectivity index (χ3v) is 9.74. The van der Waals surface area contributed by atoms with E-state index in [1.54, 1.807) is 0 Å². The van der Waals surface area contributed by atoms with Gasteiger partial charge in [0.15, 0.2) is 0 Å². The Morgan fingerprint density at radius 3 is 2.69 bits per heavy atom. The monoisotopic (exact) mass is 398 g/mol. The van der Waals surface area contributed by atoms with E-state index in [1.165, 1.54) is 24.0 Å². The molecule has 2 nitrogen and oxygen atoms in total. The first-order valence-corrected chi connectivity index (χ1v) is 12.2. The van der Waals surface area contributed by atoms with E-state index in [4.69, 9.17) is 0 Å². The van der Waals surface area contributed by atoms with Crippen molar-refractivity contribution in [3.05, 3.63) is 23.3 Å². The third kappa shape index (κ3) is 3.48. The summed E-state index contributed by atoms with van der Waals surface area (Å²) < 4.78 is 0. The summed E-state index contributed by atoms with van der Waals surface area (Å²) in [6.07, 6.45) is 14.3. The van der Waals surface area contributed by atoms with Gasteiger partial charge in [-0.3, -0.25) is 4.79 Å². The number of aliphatic hydroxyl groups excluding tert-OH is 1. The maximum atomic E-state index is 13.3. The zero-order valence-electron chi connectivity index (χ0n) is 19.3. The molecule has 1 N–H and O–H groups in total. The molecule has 4 aliphatic rings. The predicted molar refractivity (Wildman–Crippen MR) is 119 cm³/mol. The highest BCUT2D eigenvalue weighted by molar-refractivity contribution is 5.85. The number of hydrogen-bond donors (Lipinski definition) is 1. The molecule has 3 fully saturated rings. The van der Waals surface area contributed by atoms with E-state index >= 15 is 0 Å². The highest BCUT2D eigenvalue weighted by Crippen LogP contribution is 2.66. The second-order valence-electron chi connectivity index (χ2n) is 11.7. The molecule has 4 rings (SSSR count). The molecule has 29 heavy (non-hydrogen) atoms. The van der Waals surface area contributed by atoms with Crippen molar-refractivity contribution in [1.29, 1.82) is 0 Å². The van der Waals surface area contributed by atoms with Gasteiger partial charge < -0.3 is 5.11 Å². The van der Waals surface area contributed by atoms with Crippen molar-refractivity contribution < 1.29 is 9.90 Å². The average Bonchev–Trinajstić information content (AvgIpc) is 2.92. The molecule has 0 spiro atoms. The molecule has 3 saturated carbocycles. The lowest BCUT2D eigenvalue weighted by molar-refractivity contribution is -0.124. The number of hydrogen-bond acceptors (Lipinski definition) is 2. The molecule has 162 valence electrons. The van der Waals surface area contributed by atoms with Gasteiger partial charge in [-0.25, -0.2) is 0 Å². The van der Waals surface area contributed by atoms with E-state index in [1.807, 2.05) is 0 Å². The van der Waals surface area contributed by atoms with E-state index in [-0.39, 0.29) is 22.9 Å². The lowest BCUT2D eigenvalue weighted by Crippen LogP contribution is -2.51. The summed E-state index contributed by atoms with van der Waals surface area (Å²) in [5, 5.41) is 10.2. The van der Waals surface area contributed by atoms with E-state index in [0.29, 0.717) is 29.5 Å². The van der Waals surface area contributed by atoms with Crippen molar-refractivity contribution in [3.63, 3.8) is 0 Å². The average molecular weight is 399 g/mol. The Labute approximate surface area is 178 Å². The molecule has 0 amide bonds. The normalized spacial score (nSPS) is 45.0. The largest absolute Gasteiger partial charge is 0.393 e. The van der Waals surface area contributed by atoms with Gasteiger partial charge in [-0.15, -0.1) is 0 Å². The number of rotatable bonds is 4. The first kappa shape index (κ1) is 21.3. The summed E-state index contributed by atoms with van der Waals surface area (Å²) in [7, 11) is 0. The zero-order chi connectivity index (χ0) is 21.0. The van der Waals surface area contributed by atoms with Crippen molar-refractivity contribution in [1.82, 2.24) is 0 Å². The van der Waals surface area contributed by atoms with Crippen LogP contribution < -0.4 is 0 Å². The molecule has 0 heterocycles. The molecular formula is C27H42O2. The Hall–Kier alpha value is -0.890. The molecule has 2 heteroatoms. The molecule has 0 saturated heterocycles. The second kappa shape index (κ2) is 7.66. The molecule has 0 radical (unpaired) electrons. The van der Waals surface area contributed by atoms with E-state index < -0.39 is 0 Å². The van der Waals surface area contributed by atoms with E-state index in [9.17, 15) is 9.90 Å². The number of Topliss-reactive ketones (excluding diaryl/α,β-unsaturated/α-hetero) is 1. The number of aliphatic hydroxyl groups is 1. The summed E-state index contributed by atoms with van der Waals surface area (Å²) in [5.74, 6) is 3.23. The van der Waals surface area contributed by atoms with E-state index in [0.717, 1.165) is 44.9 Å². The first-order chi connectivity index (χ1) is 13.7. The van der Waals surface area contributed by atoms with Gasteiger partial charge in [-0.2, -0.15) is 0 Å². The Morgan fingerprint density at radius 2 is 1.97 bits per heavy atom. The van der Waals surface area contributed by atoms with Gasteiger partial charge in [0.2, 0.25) is 0 Å². The van der Waals surface area contributed by atoms with Crippen LogP contribution in [0.4, 0.5) is 0 Å². The topological polar surface area (TPSA) is 37.3 Å². The predicted octanol–water partition coefficient (Wildman–Crippen LogP) is 6.49. The Kier molecular flexibility index (Phi) is 5.64. The van der Waals surface area contributed by atoms with Crippen LogP contribution in [-0.4, -0.2) is 17.0 Å². The van der Waals surface area contributed by atoms with E-state index in [2.05, 4.69) is 46.8 Å². The fourth-order valence-electron chi connectivity index (χ4n) is 8.24. The SMILES string of the molecule is CC(C)=CCC[C@@H](C)[C@H]1C(=O)C[C@H]2[C@@H]3CC=C4C[C@@H](O)CC[C@]4(C)[C@H]3CC[C@]12C. The van der Waals surface area contributed by atoms with Gasteiger partial charge in [0, 0.05) is 12.3 Å². The quantitative estimate of drug-likeness (QED) is 0.550. The second-order valence-corrected chi connectivity index (χ2v) is 11.7. The van der Waals surface area contributed by atoms with Gasteiger partial charge in [0.05, 0.1) is 6.10 Å². The minimum absolute atomic E-state index is 0.140. The molecule has 8 atom stereocenters. The maximum absolute atomic E-state index is 13.3. The third-order valence-electron chi connectivity index (χ3n) is 9.74. The van der Waals surface area contributed by atoms with Crippen molar-refractivity contribution in [2.75, 3.05) is 0 Å².